The lowest BCUT2D eigenvalue weighted by atomic mass is 9.54. The van der Waals surface area contributed by atoms with Crippen LogP contribution in [0.15, 0.2) is 309 Å². The number of hydrogen-bond donors (Lipinski definition) is 0. The van der Waals surface area contributed by atoms with Crippen molar-refractivity contribution in [1.82, 2.24) is 0 Å². The number of para-hydroxylation sites is 6. The molecule has 0 fully saturated rings. The van der Waals surface area contributed by atoms with Gasteiger partial charge < -0.3 is 14.7 Å². The Balaban J connectivity index is 0.837. The highest BCUT2D eigenvalue weighted by atomic mass is 16.1. The fraction of sp³-hybridized carbons (Fsp3) is 0.100. The molecule has 13 aromatic carbocycles. The van der Waals surface area contributed by atoms with Gasteiger partial charge in [-0.05, 0) is 194 Å². The number of ketones is 3. The second kappa shape index (κ2) is 23.1. The van der Waals surface area contributed by atoms with E-state index in [0.717, 1.165) is 101 Å². The van der Waals surface area contributed by atoms with Gasteiger partial charge in [-0.1, -0.05) is 224 Å². The fourth-order valence-electron chi connectivity index (χ4n) is 15.6. The summed E-state index contributed by atoms with van der Waals surface area (Å²) in [6, 6.07) is 107. The van der Waals surface area contributed by atoms with Gasteiger partial charge in [-0.25, -0.2) is 0 Å². The van der Waals surface area contributed by atoms with Gasteiger partial charge in [0, 0.05) is 101 Å². The topological polar surface area (TPSA) is 60.9 Å². The standard InChI is InChI=1S/C90H69N3O3/c1-88(2)76-55-61(58-37-46-70(47-38-58)91(64-25-13-7-14-26-64)65-27-15-8-16-28-65)43-52-73(76)85(94)79-82(88)80-84(89(3,4)77-56-62(44-53-74(77)86(80)95)59-39-48-71(49-40-59)92(66-29-17-9-18-30-66)67-31-19-10-20-32-67)81-83(79)90(5,6)78-57-63(45-54-75(78)87(81)96)60-41-50-72(51-42-60)93(68-33-21-11-22-34-68)69-35-23-12-24-36-69/h7-57H,1-6H3. The number of fused-ring (bicyclic) bond motifs is 9. The molecule has 0 aromatic heterocycles. The summed E-state index contributed by atoms with van der Waals surface area (Å²) < 4.78 is 0. The van der Waals surface area contributed by atoms with E-state index in [-0.39, 0.29) is 17.3 Å². The number of hydrogen-bond acceptors (Lipinski definition) is 6. The number of nitrogens with zero attached hydrogens (tertiary/aromatic N) is 3. The van der Waals surface area contributed by atoms with E-state index in [1.54, 1.807) is 0 Å². The van der Waals surface area contributed by atoms with Crippen molar-refractivity contribution in [3.63, 3.8) is 0 Å². The second-order valence-electron chi connectivity index (χ2n) is 27.1. The first kappa shape index (κ1) is 59.3. The summed E-state index contributed by atoms with van der Waals surface area (Å²) in [4.78, 5) is 55.9. The highest BCUT2D eigenvalue weighted by Crippen LogP contribution is 2.58. The molecule has 0 unspecified atom stereocenters. The van der Waals surface area contributed by atoms with E-state index in [9.17, 15) is 0 Å². The first-order valence-corrected chi connectivity index (χ1v) is 33.0. The van der Waals surface area contributed by atoms with Gasteiger partial charge >= 0.3 is 0 Å². The number of rotatable bonds is 12. The van der Waals surface area contributed by atoms with Crippen LogP contribution in [-0.4, -0.2) is 17.3 Å². The van der Waals surface area contributed by atoms with Crippen LogP contribution < -0.4 is 14.7 Å². The first-order chi connectivity index (χ1) is 46.7. The van der Waals surface area contributed by atoms with E-state index >= 15 is 14.4 Å². The second-order valence-corrected chi connectivity index (χ2v) is 27.1. The maximum Gasteiger partial charge on any atom is 0.194 e. The summed E-state index contributed by atoms with van der Waals surface area (Å²) in [6.07, 6.45) is 0. The van der Waals surface area contributed by atoms with Crippen LogP contribution in [0.1, 0.15) is 123 Å². The smallest absolute Gasteiger partial charge is 0.194 e. The largest absolute Gasteiger partial charge is 0.311 e. The van der Waals surface area contributed by atoms with E-state index in [2.05, 4.69) is 293 Å². The molecule has 0 radical (unpaired) electrons. The van der Waals surface area contributed by atoms with E-state index in [4.69, 9.17) is 0 Å². The Morgan fingerprint density at radius 3 is 0.583 bits per heavy atom. The van der Waals surface area contributed by atoms with Crippen molar-refractivity contribution in [3.05, 3.63) is 376 Å². The molecule has 0 amide bonds. The van der Waals surface area contributed by atoms with Crippen molar-refractivity contribution in [3.8, 4) is 33.4 Å². The predicted octanol–water partition coefficient (Wildman–Crippen LogP) is 22.7. The van der Waals surface area contributed by atoms with E-state index in [1.165, 1.54) is 0 Å². The lowest BCUT2D eigenvalue weighted by Gasteiger charge is -2.47. The van der Waals surface area contributed by atoms with Crippen LogP contribution in [0.5, 0.6) is 0 Å². The third kappa shape index (κ3) is 9.65. The molecule has 0 saturated carbocycles. The molecular formula is C90H69N3O3. The Morgan fingerprint density at radius 1 is 0.208 bits per heavy atom. The molecule has 462 valence electrons. The van der Waals surface area contributed by atoms with E-state index < -0.39 is 16.2 Å². The maximum atomic E-state index is 16.4. The summed E-state index contributed by atoms with van der Waals surface area (Å²) in [6.45, 7) is 13.0. The molecule has 0 saturated heterocycles. The molecule has 3 aliphatic carbocycles. The Hall–Kier alpha value is -11.7. The van der Waals surface area contributed by atoms with Crippen molar-refractivity contribution < 1.29 is 14.4 Å². The minimum atomic E-state index is -0.917. The lowest BCUT2D eigenvalue weighted by Crippen LogP contribution is -2.44. The minimum Gasteiger partial charge on any atom is -0.311 e. The van der Waals surface area contributed by atoms with Crippen LogP contribution in [0, 0.1) is 0 Å². The van der Waals surface area contributed by atoms with Gasteiger partial charge in [-0.2, -0.15) is 0 Å². The van der Waals surface area contributed by atoms with Crippen LogP contribution >= 0.6 is 0 Å². The summed E-state index contributed by atoms with van der Waals surface area (Å²) in [5, 5.41) is 0. The average molecular weight is 1240 g/mol. The van der Waals surface area contributed by atoms with Gasteiger partial charge in [0.15, 0.2) is 17.3 Å². The molecule has 0 heterocycles. The van der Waals surface area contributed by atoms with E-state index in [1.807, 2.05) is 72.8 Å². The van der Waals surface area contributed by atoms with Crippen molar-refractivity contribution in [2.75, 3.05) is 14.7 Å². The molecule has 96 heavy (non-hydrogen) atoms. The van der Waals surface area contributed by atoms with Crippen molar-refractivity contribution in [2.24, 2.45) is 0 Å². The number of carbonyl (C=O) groups is 3. The van der Waals surface area contributed by atoms with Crippen LogP contribution in [0.2, 0.25) is 0 Å². The lowest BCUT2D eigenvalue weighted by molar-refractivity contribution is 0.102. The van der Waals surface area contributed by atoms with Crippen LogP contribution in [0.4, 0.5) is 51.2 Å². The highest BCUT2D eigenvalue weighted by molar-refractivity contribution is 6.26. The normalized spacial score (nSPS) is 14.2. The quantitative estimate of drug-likeness (QED) is 0.121. The van der Waals surface area contributed by atoms with Crippen LogP contribution in [0.3, 0.4) is 0 Å². The number of anilines is 9. The molecule has 0 aliphatic heterocycles. The van der Waals surface area contributed by atoms with Gasteiger partial charge in [-0.15, -0.1) is 0 Å². The van der Waals surface area contributed by atoms with Crippen LogP contribution in [0.25, 0.3) is 33.4 Å². The zero-order chi connectivity index (χ0) is 65.6. The molecule has 6 heteroatoms. The minimum absolute atomic E-state index is 0.188. The average Bonchev–Trinajstić information content (AvgIpc) is 0.668. The monoisotopic (exact) mass is 1240 g/mol. The molecular weight excluding hydrogens is 1170 g/mol. The van der Waals surface area contributed by atoms with Crippen molar-refractivity contribution >= 4 is 68.5 Å². The molecule has 6 nitrogen and oxygen atoms in total. The predicted molar refractivity (Wildman–Crippen MR) is 393 cm³/mol. The number of benzene rings is 13. The Bertz CT molecular complexity index is 4540. The van der Waals surface area contributed by atoms with Crippen LogP contribution in [-0.2, 0) is 16.2 Å². The zero-order valence-corrected chi connectivity index (χ0v) is 54.5. The molecule has 16 rings (SSSR count). The summed E-state index contributed by atoms with van der Waals surface area (Å²) in [5.41, 5.74) is 19.9. The first-order valence-electron chi connectivity index (χ1n) is 33.0. The van der Waals surface area contributed by atoms with Gasteiger partial charge in [0.2, 0.25) is 0 Å². The summed E-state index contributed by atoms with van der Waals surface area (Å²) >= 11 is 0. The van der Waals surface area contributed by atoms with Gasteiger partial charge in [0.05, 0.1) is 0 Å². The molecule has 0 bridgehead atoms. The van der Waals surface area contributed by atoms with Gasteiger partial charge in [-0.3, -0.25) is 14.4 Å². The molecule has 0 N–H and O–H groups in total. The van der Waals surface area contributed by atoms with E-state index in [0.29, 0.717) is 50.1 Å². The number of carbonyl (C=O) groups excluding carboxylic acids is 3. The Kier molecular flexibility index (Phi) is 14.3. The summed E-state index contributed by atoms with van der Waals surface area (Å²) in [5.74, 6) is -0.563. The van der Waals surface area contributed by atoms with Gasteiger partial charge in [0.25, 0.3) is 0 Å². The van der Waals surface area contributed by atoms with Crippen molar-refractivity contribution in [1.29, 1.82) is 0 Å². The summed E-state index contributed by atoms with van der Waals surface area (Å²) in [7, 11) is 0. The maximum absolute atomic E-state index is 16.4. The SMILES string of the molecule is CC1(C)c2cc(-c3ccc(N(c4ccccc4)c4ccccc4)cc3)ccc2C(=O)c2c1c1c(c3c2C(C)(C)c2cc(-c4ccc(N(c5ccccc5)c5ccccc5)cc4)ccc2C3=O)C(C)(C)c2cc(-c3ccc(N(c4ccccc4)c4ccccc4)cc3)ccc2C1=O. The van der Waals surface area contributed by atoms with Crippen molar-refractivity contribution in [2.45, 2.75) is 57.8 Å². The molecule has 0 spiro atoms. The Morgan fingerprint density at radius 2 is 0.385 bits per heavy atom. The zero-order valence-electron chi connectivity index (χ0n) is 54.5. The molecule has 0 atom stereocenters. The third-order valence-electron chi connectivity index (χ3n) is 20.3. The molecule has 3 aliphatic rings. The highest BCUT2D eigenvalue weighted by Gasteiger charge is 2.54. The Labute approximate surface area is 561 Å². The molecule has 13 aromatic rings. The van der Waals surface area contributed by atoms with Gasteiger partial charge in [0.1, 0.15) is 0 Å². The fourth-order valence-corrected chi connectivity index (χ4v) is 15.6. The third-order valence-corrected chi connectivity index (χ3v) is 20.3.